The third-order valence-electron chi connectivity index (χ3n) is 3.26. The second-order valence-corrected chi connectivity index (χ2v) is 7.97. The van der Waals surface area contributed by atoms with Gasteiger partial charge in [-0.2, -0.15) is 8.42 Å². The van der Waals surface area contributed by atoms with Crippen LogP contribution in [-0.2, 0) is 38.7 Å². The first kappa shape index (κ1) is 29.3. The molecule has 9 nitrogen and oxygen atoms in total. The molecule has 0 radical (unpaired) electrons. The van der Waals surface area contributed by atoms with Crippen molar-refractivity contribution < 1.29 is 41.6 Å². The Morgan fingerprint density at radius 1 is 0.929 bits per heavy atom. The maximum atomic E-state index is 12.4. The molecule has 0 spiro atoms. The quantitative estimate of drug-likeness (QED) is 0.113. The molecular weight excluding hydrogens is 420 g/mol. The number of carbonyl (C=O) groups excluding carboxylic acids is 3. The van der Waals surface area contributed by atoms with Gasteiger partial charge in [0.2, 0.25) is 0 Å². The fourth-order valence-corrected chi connectivity index (χ4v) is 2.15. The molecule has 0 unspecified atom stereocenters. The van der Waals surface area contributed by atoms with Crippen LogP contribution in [0, 0.1) is 5.41 Å². The van der Waals surface area contributed by atoms with E-state index in [0.717, 1.165) is 0 Å². The number of carbonyl (C=O) groups is 3. The monoisotopic (exact) mass is 448 g/mol. The van der Waals surface area contributed by atoms with Gasteiger partial charge in [-0.15, -0.1) is 0 Å². The predicted octanol–water partition coefficient (Wildman–Crippen LogP) is 0.526. The Kier molecular flexibility index (Phi) is 13.9. The molecule has 28 heavy (non-hydrogen) atoms. The SMILES string of the molecule is C=C(C)C(=O)OCC(C)(COC(=O)C(=C)C)C(=O)OCCCCS(=O)(=O)O.[CaH2]. The van der Waals surface area contributed by atoms with Crippen molar-refractivity contribution in [3.05, 3.63) is 24.3 Å². The van der Waals surface area contributed by atoms with Crippen molar-refractivity contribution in [3.8, 4) is 0 Å². The zero-order chi connectivity index (χ0) is 21.3. The summed E-state index contributed by atoms with van der Waals surface area (Å²) in [6, 6.07) is 0. The van der Waals surface area contributed by atoms with Crippen molar-refractivity contribution in [2.45, 2.75) is 33.6 Å². The standard InChI is InChI=1S/C17H26O9S.Ca.2H/c1-12(2)14(18)25-10-17(5,11-26-15(19)13(3)4)16(20)24-8-6-7-9-27(21,22)23;;;/h1,3,6-11H2,2,4-5H3,(H,21,22,23);;;. The number of unbranched alkanes of at least 4 members (excludes halogenated alkanes) is 1. The van der Waals surface area contributed by atoms with Crippen LogP contribution >= 0.6 is 0 Å². The molecule has 0 aromatic carbocycles. The van der Waals surface area contributed by atoms with Gasteiger partial charge >= 0.3 is 55.6 Å². The van der Waals surface area contributed by atoms with E-state index in [0.29, 0.717) is 0 Å². The van der Waals surface area contributed by atoms with Crippen molar-refractivity contribution in [1.29, 1.82) is 0 Å². The van der Waals surface area contributed by atoms with E-state index in [1.165, 1.54) is 20.8 Å². The van der Waals surface area contributed by atoms with E-state index in [2.05, 4.69) is 13.2 Å². The Morgan fingerprint density at radius 3 is 1.71 bits per heavy atom. The van der Waals surface area contributed by atoms with Gasteiger partial charge in [-0.05, 0) is 33.6 Å². The van der Waals surface area contributed by atoms with Crippen LogP contribution in [0.25, 0.3) is 0 Å². The Morgan fingerprint density at radius 2 is 1.36 bits per heavy atom. The van der Waals surface area contributed by atoms with Crippen molar-refractivity contribution >= 4 is 65.8 Å². The normalized spacial score (nSPS) is 11.0. The molecule has 0 bridgehead atoms. The number of esters is 3. The van der Waals surface area contributed by atoms with Gasteiger partial charge < -0.3 is 14.2 Å². The van der Waals surface area contributed by atoms with E-state index >= 15 is 0 Å². The first-order valence-electron chi connectivity index (χ1n) is 8.06. The second kappa shape index (κ2) is 13.3. The molecule has 0 atom stereocenters. The number of hydrogen-bond acceptors (Lipinski definition) is 8. The van der Waals surface area contributed by atoms with E-state index in [1.807, 2.05) is 0 Å². The molecule has 0 fully saturated rings. The van der Waals surface area contributed by atoms with Gasteiger partial charge in [0.25, 0.3) is 10.1 Å². The summed E-state index contributed by atoms with van der Waals surface area (Å²) in [6.07, 6.45) is 0.289. The Hall–Kier alpha value is -0.940. The molecule has 1 N–H and O–H groups in total. The van der Waals surface area contributed by atoms with Gasteiger partial charge in [0.05, 0.1) is 12.4 Å². The van der Waals surface area contributed by atoms with Crippen LogP contribution in [0.15, 0.2) is 24.3 Å². The van der Waals surface area contributed by atoms with Gasteiger partial charge in [-0.25, -0.2) is 9.59 Å². The molecule has 0 aliphatic heterocycles. The van der Waals surface area contributed by atoms with Crippen LogP contribution in [0.1, 0.15) is 33.6 Å². The van der Waals surface area contributed by atoms with Crippen LogP contribution in [0.4, 0.5) is 0 Å². The number of rotatable bonds is 12. The average Bonchev–Trinajstić information content (AvgIpc) is 2.55. The van der Waals surface area contributed by atoms with E-state index < -0.39 is 52.4 Å². The molecule has 0 aromatic heterocycles. The van der Waals surface area contributed by atoms with Gasteiger partial charge in [-0.3, -0.25) is 9.35 Å². The van der Waals surface area contributed by atoms with E-state index in [-0.39, 0.29) is 68.3 Å². The van der Waals surface area contributed by atoms with Crippen LogP contribution in [0.5, 0.6) is 0 Å². The summed E-state index contributed by atoms with van der Waals surface area (Å²) in [5, 5.41) is 0. The van der Waals surface area contributed by atoms with E-state index in [4.69, 9.17) is 18.8 Å². The molecule has 0 heterocycles. The first-order chi connectivity index (χ1) is 12.3. The maximum absolute atomic E-state index is 12.4. The molecule has 0 saturated carbocycles. The second-order valence-electron chi connectivity index (χ2n) is 6.40. The third kappa shape index (κ3) is 12.5. The predicted molar refractivity (Wildman–Crippen MR) is 105 cm³/mol. The molecule has 0 amide bonds. The van der Waals surface area contributed by atoms with Crippen molar-refractivity contribution in [2.75, 3.05) is 25.6 Å². The molecule has 0 rings (SSSR count). The molecule has 0 aliphatic carbocycles. The van der Waals surface area contributed by atoms with Crippen molar-refractivity contribution in [3.63, 3.8) is 0 Å². The summed E-state index contributed by atoms with van der Waals surface area (Å²) in [5.41, 5.74) is -1.20. The van der Waals surface area contributed by atoms with Gasteiger partial charge in [0.15, 0.2) is 0 Å². The Labute approximate surface area is 195 Å². The summed E-state index contributed by atoms with van der Waals surface area (Å²) in [6.45, 7) is 10.2. The Bertz CT molecular complexity index is 667. The number of hydrogen-bond donors (Lipinski definition) is 1. The van der Waals surface area contributed by atoms with E-state index in [9.17, 15) is 22.8 Å². The van der Waals surface area contributed by atoms with Gasteiger partial charge in [-0.1, -0.05) is 13.2 Å². The molecular formula is C17H28CaO9S. The summed E-state index contributed by atoms with van der Waals surface area (Å²) < 4.78 is 44.9. The zero-order valence-electron chi connectivity index (χ0n) is 15.8. The topological polar surface area (TPSA) is 133 Å². The molecule has 0 aliphatic rings. The van der Waals surface area contributed by atoms with Crippen molar-refractivity contribution in [1.82, 2.24) is 0 Å². The van der Waals surface area contributed by atoms with Gasteiger partial charge in [0, 0.05) is 11.1 Å². The first-order valence-corrected chi connectivity index (χ1v) is 9.67. The average molecular weight is 449 g/mol. The van der Waals surface area contributed by atoms with Crippen LogP contribution in [-0.4, -0.2) is 94.2 Å². The third-order valence-corrected chi connectivity index (χ3v) is 4.07. The minimum absolute atomic E-state index is 0. The summed E-state index contributed by atoms with van der Waals surface area (Å²) in [5.74, 6) is -2.67. The van der Waals surface area contributed by atoms with Crippen molar-refractivity contribution in [2.24, 2.45) is 5.41 Å². The van der Waals surface area contributed by atoms with E-state index in [1.54, 1.807) is 0 Å². The van der Waals surface area contributed by atoms with Crippen LogP contribution in [0.2, 0.25) is 0 Å². The fourth-order valence-electron chi connectivity index (χ4n) is 1.58. The van der Waals surface area contributed by atoms with Crippen LogP contribution < -0.4 is 0 Å². The molecule has 158 valence electrons. The molecule has 0 aromatic rings. The Balaban J connectivity index is 0. The minimum atomic E-state index is -4.08. The summed E-state index contributed by atoms with van der Waals surface area (Å²) in [7, 11) is -4.08. The fraction of sp³-hybridized carbons (Fsp3) is 0.588. The number of ether oxygens (including phenoxy) is 3. The zero-order valence-corrected chi connectivity index (χ0v) is 16.6. The summed E-state index contributed by atoms with van der Waals surface area (Å²) in [4.78, 5) is 35.5. The van der Waals surface area contributed by atoms with Gasteiger partial charge in [0.1, 0.15) is 18.6 Å². The molecule has 11 heteroatoms. The molecule has 0 saturated heterocycles. The van der Waals surface area contributed by atoms with Crippen LogP contribution in [0.3, 0.4) is 0 Å². The summed E-state index contributed by atoms with van der Waals surface area (Å²) >= 11 is 0.